The molecule has 96 valence electrons. The SMILES string of the molecule is Cc1cccc(C(C)NC(C)Cn2cccn2)c1. The lowest BCUT2D eigenvalue weighted by Gasteiger charge is -2.20. The molecular formula is C15H21N3. The molecule has 0 fully saturated rings. The molecule has 1 aromatic carbocycles. The van der Waals surface area contributed by atoms with E-state index >= 15 is 0 Å². The topological polar surface area (TPSA) is 29.9 Å². The largest absolute Gasteiger partial charge is 0.306 e. The first kappa shape index (κ1) is 12.8. The van der Waals surface area contributed by atoms with Gasteiger partial charge in [0.25, 0.3) is 0 Å². The minimum atomic E-state index is 0.357. The van der Waals surface area contributed by atoms with E-state index in [0.717, 1.165) is 6.54 Å². The van der Waals surface area contributed by atoms with Crippen LogP contribution in [0.15, 0.2) is 42.7 Å². The highest BCUT2D eigenvalue weighted by Crippen LogP contribution is 2.14. The number of hydrogen-bond donors (Lipinski definition) is 1. The van der Waals surface area contributed by atoms with E-state index in [1.165, 1.54) is 11.1 Å². The molecule has 2 aromatic rings. The van der Waals surface area contributed by atoms with Crippen molar-refractivity contribution >= 4 is 0 Å². The van der Waals surface area contributed by atoms with Crippen LogP contribution in [0.3, 0.4) is 0 Å². The molecule has 18 heavy (non-hydrogen) atoms. The van der Waals surface area contributed by atoms with Crippen LogP contribution in [0.5, 0.6) is 0 Å². The van der Waals surface area contributed by atoms with Gasteiger partial charge < -0.3 is 5.32 Å². The van der Waals surface area contributed by atoms with Crippen LogP contribution in [0.25, 0.3) is 0 Å². The Balaban J connectivity index is 1.92. The summed E-state index contributed by atoms with van der Waals surface area (Å²) in [6, 6.07) is 11.3. The maximum Gasteiger partial charge on any atom is 0.0560 e. The summed E-state index contributed by atoms with van der Waals surface area (Å²) in [5, 5.41) is 7.83. The Morgan fingerprint density at radius 1 is 1.28 bits per heavy atom. The van der Waals surface area contributed by atoms with Crippen molar-refractivity contribution in [1.82, 2.24) is 15.1 Å². The summed E-state index contributed by atoms with van der Waals surface area (Å²) in [4.78, 5) is 0. The van der Waals surface area contributed by atoms with E-state index < -0.39 is 0 Å². The van der Waals surface area contributed by atoms with Crippen molar-refractivity contribution in [3.05, 3.63) is 53.9 Å². The van der Waals surface area contributed by atoms with Gasteiger partial charge >= 0.3 is 0 Å². The molecule has 2 rings (SSSR count). The number of aryl methyl sites for hydroxylation is 1. The summed E-state index contributed by atoms with van der Waals surface area (Å²) in [6.07, 6.45) is 3.81. The predicted octanol–water partition coefficient (Wildman–Crippen LogP) is 2.93. The highest BCUT2D eigenvalue weighted by molar-refractivity contribution is 5.24. The van der Waals surface area contributed by atoms with Crippen molar-refractivity contribution < 1.29 is 0 Å². The van der Waals surface area contributed by atoms with Gasteiger partial charge in [-0.3, -0.25) is 4.68 Å². The molecule has 1 heterocycles. The normalized spacial score (nSPS) is 14.4. The van der Waals surface area contributed by atoms with Crippen LogP contribution in [0.4, 0.5) is 0 Å². The molecule has 3 heteroatoms. The fraction of sp³-hybridized carbons (Fsp3) is 0.400. The Hall–Kier alpha value is -1.61. The third-order valence-corrected chi connectivity index (χ3v) is 3.10. The molecule has 0 saturated heterocycles. The lowest BCUT2D eigenvalue weighted by molar-refractivity contribution is 0.413. The second kappa shape index (κ2) is 5.83. The summed E-state index contributed by atoms with van der Waals surface area (Å²) in [7, 11) is 0. The van der Waals surface area contributed by atoms with E-state index in [1.807, 2.05) is 23.1 Å². The van der Waals surface area contributed by atoms with E-state index in [-0.39, 0.29) is 0 Å². The van der Waals surface area contributed by atoms with Crippen molar-refractivity contribution in [1.29, 1.82) is 0 Å². The van der Waals surface area contributed by atoms with Crippen molar-refractivity contribution in [3.63, 3.8) is 0 Å². The summed E-state index contributed by atoms with van der Waals surface area (Å²) in [5.41, 5.74) is 2.64. The molecule has 2 atom stereocenters. The molecule has 2 unspecified atom stereocenters. The zero-order valence-electron chi connectivity index (χ0n) is 11.3. The first-order valence-electron chi connectivity index (χ1n) is 6.45. The third kappa shape index (κ3) is 3.44. The van der Waals surface area contributed by atoms with E-state index in [1.54, 1.807) is 0 Å². The average molecular weight is 243 g/mol. The fourth-order valence-electron chi connectivity index (χ4n) is 2.20. The molecular weight excluding hydrogens is 222 g/mol. The van der Waals surface area contributed by atoms with Crippen LogP contribution in [-0.2, 0) is 6.54 Å². The van der Waals surface area contributed by atoms with Crippen LogP contribution >= 0.6 is 0 Å². The van der Waals surface area contributed by atoms with Crippen molar-refractivity contribution in [2.24, 2.45) is 0 Å². The summed E-state index contributed by atoms with van der Waals surface area (Å²) in [6.45, 7) is 7.41. The third-order valence-electron chi connectivity index (χ3n) is 3.10. The molecule has 0 aliphatic heterocycles. The zero-order chi connectivity index (χ0) is 13.0. The molecule has 0 radical (unpaired) electrons. The minimum absolute atomic E-state index is 0.357. The van der Waals surface area contributed by atoms with E-state index in [2.05, 4.69) is 55.5 Å². The molecule has 0 aliphatic carbocycles. The molecule has 1 N–H and O–H groups in total. The van der Waals surface area contributed by atoms with Gasteiger partial charge in [0.15, 0.2) is 0 Å². The van der Waals surface area contributed by atoms with Gasteiger partial charge in [0.1, 0.15) is 0 Å². The minimum Gasteiger partial charge on any atom is -0.306 e. The lowest BCUT2D eigenvalue weighted by Crippen LogP contribution is -2.32. The maximum absolute atomic E-state index is 4.23. The standard InChI is InChI=1S/C15H21N3/c1-12-6-4-7-15(10-12)14(3)17-13(2)11-18-9-5-8-16-18/h4-10,13-14,17H,11H2,1-3H3. The fourth-order valence-corrected chi connectivity index (χ4v) is 2.20. The zero-order valence-corrected chi connectivity index (χ0v) is 11.3. The first-order valence-corrected chi connectivity index (χ1v) is 6.45. The number of benzene rings is 1. The van der Waals surface area contributed by atoms with Crippen molar-refractivity contribution in [2.45, 2.75) is 39.4 Å². The second-order valence-corrected chi connectivity index (χ2v) is 4.93. The second-order valence-electron chi connectivity index (χ2n) is 4.93. The van der Waals surface area contributed by atoms with E-state index in [0.29, 0.717) is 12.1 Å². The Morgan fingerprint density at radius 2 is 2.11 bits per heavy atom. The Bertz CT molecular complexity index is 476. The molecule has 0 saturated carbocycles. The molecule has 0 bridgehead atoms. The van der Waals surface area contributed by atoms with Crippen LogP contribution in [0, 0.1) is 6.92 Å². The monoisotopic (exact) mass is 243 g/mol. The van der Waals surface area contributed by atoms with Crippen LogP contribution in [-0.4, -0.2) is 15.8 Å². The molecule has 1 aromatic heterocycles. The maximum atomic E-state index is 4.23. The van der Waals surface area contributed by atoms with Gasteiger partial charge in [-0.15, -0.1) is 0 Å². The highest BCUT2D eigenvalue weighted by atomic mass is 15.3. The van der Waals surface area contributed by atoms with Gasteiger partial charge in [-0.2, -0.15) is 5.10 Å². The number of nitrogens with zero attached hydrogens (tertiary/aromatic N) is 2. The van der Waals surface area contributed by atoms with Gasteiger partial charge in [0.05, 0.1) is 6.54 Å². The summed E-state index contributed by atoms with van der Waals surface area (Å²) < 4.78 is 1.96. The Morgan fingerprint density at radius 3 is 2.78 bits per heavy atom. The van der Waals surface area contributed by atoms with Crippen LogP contribution < -0.4 is 5.32 Å². The van der Waals surface area contributed by atoms with E-state index in [9.17, 15) is 0 Å². The van der Waals surface area contributed by atoms with Gasteiger partial charge in [-0.05, 0) is 32.4 Å². The van der Waals surface area contributed by atoms with Crippen molar-refractivity contribution in [2.75, 3.05) is 0 Å². The smallest absolute Gasteiger partial charge is 0.0560 e. The molecule has 0 aliphatic rings. The number of rotatable bonds is 5. The van der Waals surface area contributed by atoms with E-state index in [4.69, 9.17) is 0 Å². The molecule has 0 amide bonds. The van der Waals surface area contributed by atoms with Gasteiger partial charge in [-0.1, -0.05) is 29.8 Å². The number of nitrogens with one attached hydrogen (secondary N) is 1. The highest BCUT2D eigenvalue weighted by Gasteiger charge is 2.09. The number of hydrogen-bond acceptors (Lipinski definition) is 2. The summed E-state index contributed by atoms with van der Waals surface area (Å²) >= 11 is 0. The quantitative estimate of drug-likeness (QED) is 0.875. The van der Waals surface area contributed by atoms with Crippen molar-refractivity contribution in [3.8, 4) is 0 Å². The molecule has 0 spiro atoms. The Labute approximate surface area is 109 Å². The van der Waals surface area contributed by atoms with Crippen LogP contribution in [0.2, 0.25) is 0 Å². The number of aromatic nitrogens is 2. The average Bonchev–Trinajstić information content (AvgIpc) is 2.81. The van der Waals surface area contributed by atoms with Crippen LogP contribution in [0.1, 0.15) is 31.0 Å². The Kier molecular flexibility index (Phi) is 4.15. The predicted molar refractivity (Wildman–Crippen MR) is 74.4 cm³/mol. The van der Waals surface area contributed by atoms with Gasteiger partial charge in [0, 0.05) is 24.5 Å². The first-order chi connectivity index (χ1) is 8.65. The summed E-state index contributed by atoms with van der Waals surface area (Å²) in [5.74, 6) is 0. The van der Waals surface area contributed by atoms with Gasteiger partial charge in [-0.25, -0.2) is 0 Å². The molecule has 3 nitrogen and oxygen atoms in total. The van der Waals surface area contributed by atoms with Gasteiger partial charge in [0.2, 0.25) is 0 Å². The lowest BCUT2D eigenvalue weighted by atomic mass is 10.1.